The molecule has 0 radical (unpaired) electrons. The molecule has 3 aromatic rings. The van der Waals surface area contributed by atoms with E-state index in [9.17, 15) is 8.42 Å². The number of sulfonamides is 1. The Morgan fingerprint density at radius 3 is 2.38 bits per heavy atom. The van der Waals surface area contributed by atoms with Crippen LogP contribution in [-0.2, 0) is 16.4 Å². The SMILES string of the molecule is CC(C)(C)NS(=O)(=O)C(Cc1ccc(N)cc1)c1nc2ccccc2o1. The van der Waals surface area contributed by atoms with Crippen LogP contribution in [0.2, 0.25) is 0 Å². The first-order chi connectivity index (χ1) is 12.1. The van der Waals surface area contributed by atoms with E-state index in [-0.39, 0.29) is 12.3 Å². The van der Waals surface area contributed by atoms with Gasteiger partial charge in [0.2, 0.25) is 15.9 Å². The second-order valence-corrected chi connectivity index (χ2v) is 9.21. The molecule has 2 aromatic carbocycles. The van der Waals surface area contributed by atoms with Crippen LogP contribution in [0.15, 0.2) is 52.9 Å². The molecule has 138 valence electrons. The number of aromatic nitrogens is 1. The van der Waals surface area contributed by atoms with Crippen LogP contribution >= 0.6 is 0 Å². The summed E-state index contributed by atoms with van der Waals surface area (Å²) in [6, 6.07) is 14.4. The lowest BCUT2D eigenvalue weighted by Gasteiger charge is -2.24. The average molecular weight is 373 g/mol. The van der Waals surface area contributed by atoms with Gasteiger partial charge in [0, 0.05) is 11.2 Å². The summed E-state index contributed by atoms with van der Waals surface area (Å²) >= 11 is 0. The Morgan fingerprint density at radius 1 is 1.12 bits per heavy atom. The minimum atomic E-state index is -3.73. The first-order valence-electron chi connectivity index (χ1n) is 8.37. The molecule has 0 saturated heterocycles. The van der Waals surface area contributed by atoms with E-state index in [4.69, 9.17) is 10.2 Å². The second-order valence-electron chi connectivity index (χ2n) is 7.35. The quantitative estimate of drug-likeness (QED) is 0.668. The predicted octanol–water partition coefficient (Wildman–Crippen LogP) is 3.41. The zero-order valence-corrected chi connectivity index (χ0v) is 15.9. The van der Waals surface area contributed by atoms with E-state index in [1.807, 2.05) is 24.3 Å². The third-order valence-corrected chi connectivity index (χ3v) is 5.82. The summed E-state index contributed by atoms with van der Waals surface area (Å²) in [5, 5.41) is -0.947. The molecule has 0 saturated carbocycles. The summed E-state index contributed by atoms with van der Waals surface area (Å²) in [5.74, 6) is 0.180. The Kier molecular flexibility index (Phi) is 4.77. The molecule has 1 heterocycles. The number of hydrogen-bond donors (Lipinski definition) is 2. The molecule has 0 bridgehead atoms. The maximum atomic E-state index is 13.1. The van der Waals surface area contributed by atoms with Gasteiger partial charge in [0.1, 0.15) is 5.52 Å². The number of anilines is 1. The van der Waals surface area contributed by atoms with E-state index in [0.717, 1.165) is 5.56 Å². The molecule has 1 aromatic heterocycles. The molecule has 0 aliphatic rings. The number of nitrogens with two attached hydrogens (primary N) is 1. The van der Waals surface area contributed by atoms with Crippen molar-refractivity contribution in [1.82, 2.24) is 9.71 Å². The Bertz CT molecular complexity index is 969. The fourth-order valence-corrected chi connectivity index (χ4v) is 4.50. The van der Waals surface area contributed by atoms with E-state index < -0.39 is 20.8 Å². The highest BCUT2D eigenvalue weighted by Gasteiger charge is 2.34. The van der Waals surface area contributed by atoms with Crippen LogP contribution in [0.5, 0.6) is 0 Å². The first kappa shape index (κ1) is 18.4. The van der Waals surface area contributed by atoms with Crippen LogP contribution < -0.4 is 10.5 Å². The van der Waals surface area contributed by atoms with Gasteiger partial charge in [-0.05, 0) is 57.0 Å². The molecule has 26 heavy (non-hydrogen) atoms. The molecule has 0 amide bonds. The average Bonchev–Trinajstić information content (AvgIpc) is 2.95. The lowest BCUT2D eigenvalue weighted by molar-refractivity contribution is 0.463. The van der Waals surface area contributed by atoms with E-state index in [0.29, 0.717) is 16.8 Å². The standard InChI is InChI=1S/C19H23N3O3S/c1-19(2,3)22-26(23,24)17(12-13-8-10-14(20)11-9-13)18-21-15-6-4-5-7-16(15)25-18/h4-11,17,22H,12,20H2,1-3H3. The zero-order chi connectivity index (χ0) is 18.9. The summed E-state index contributed by atoms with van der Waals surface area (Å²) in [6.07, 6.45) is 0.235. The summed E-state index contributed by atoms with van der Waals surface area (Å²) in [4.78, 5) is 4.41. The van der Waals surface area contributed by atoms with Crippen LogP contribution in [0.4, 0.5) is 5.69 Å². The van der Waals surface area contributed by atoms with Gasteiger partial charge in [-0.15, -0.1) is 0 Å². The van der Waals surface area contributed by atoms with Gasteiger partial charge in [-0.1, -0.05) is 24.3 Å². The van der Waals surface area contributed by atoms with Crippen molar-refractivity contribution in [1.29, 1.82) is 0 Å². The summed E-state index contributed by atoms with van der Waals surface area (Å²) in [5.41, 5.74) is 7.79. The van der Waals surface area contributed by atoms with E-state index in [1.165, 1.54) is 0 Å². The molecular weight excluding hydrogens is 350 g/mol. The van der Waals surface area contributed by atoms with Crippen LogP contribution in [0, 0.1) is 0 Å². The first-order valence-corrected chi connectivity index (χ1v) is 9.91. The third kappa shape index (κ3) is 4.23. The number of nitrogens with one attached hydrogen (secondary N) is 1. The van der Waals surface area contributed by atoms with Gasteiger partial charge in [-0.2, -0.15) is 0 Å². The van der Waals surface area contributed by atoms with Crippen molar-refractivity contribution in [2.75, 3.05) is 5.73 Å². The highest BCUT2D eigenvalue weighted by atomic mass is 32.2. The normalized spacial score (nSPS) is 13.8. The lowest BCUT2D eigenvalue weighted by atomic mass is 10.1. The van der Waals surface area contributed by atoms with Crippen LogP contribution in [0.3, 0.4) is 0 Å². The van der Waals surface area contributed by atoms with E-state index in [2.05, 4.69) is 9.71 Å². The highest BCUT2D eigenvalue weighted by molar-refractivity contribution is 7.89. The van der Waals surface area contributed by atoms with Gasteiger partial charge in [0.05, 0.1) is 0 Å². The number of benzene rings is 2. The third-order valence-electron chi connectivity index (χ3n) is 3.81. The van der Waals surface area contributed by atoms with Crippen molar-refractivity contribution in [3.05, 3.63) is 60.0 Å². The molecule has 3 N–H and O–H groups in total. The highest BCUT2D eigenvalue weighted by Crippen LogP contribution is 2.29. The van der Waals surface area contributed by atoms with Crippen molar-refractivity contribution in [3.63, 3.8) is 0 Å². The van der Waals surface area contributed by atoms with Crippen molar-refractivity contribution < 1.29 is 12.8 Å². The number of nitrogens with zero attached hydrogens (tertiary/aromatic N) is 1. The maximum Gasteiger partial charge on any atom is 0.224 e. The molecule has 0 aliphatic heterocycles. The fraction of sp³-hybridized carbons (Fsp3) is 0.316. The van der Waals surface area contributed by atoms with Gasteiger partial charge >= 0.3 is 0 Å². The molecule has 0 aliphatic carbocycles. The summed E-state index contributed by atoms with van der Waals surface area (Å²) < 4.78 is 34.6. The van der Waals surface area contributed by atoms with Crippen molar-refractivity contribution in [3.8, 4) is 0 Å². The minimum absolute atomic E-state index is 0.180. The van der Waals surface area contributed by atoms with Gasteiger partial charge in [0.25, 0.3) is 0 Å². The number of fused-ring (bicyclic) bond motifs is 1. The molecule has 7 heteroatoms. The largest absolute Gasteiger partial charge is 0.439 e. The van der Waals surface area contributed by atoms with Gasteiger partial charge < -0.3 is 10.2 Å². The Balaban J connectivity index is 2.04. The number of oxazole rings is 1. The minimum Gasteiger partial charge on any atom is -0.439 e. The smallest absolute Gasteiger partial charge is 0.224 e. The van der Waals surface area contributed by atoms with Crippen molar-refractivity contribution >= 4 is 26.8 Å². The number of nitrogen functional groups attached to an aromatic ring is 1. The summed E-state index contributed by atoms with van der Waals surface area (Å²) in [7, 11) is -3.73. The molecule has 1 atom stereocenters. The molecule has 1 unspecified atom stereocenters. The van der Waals surface area contributed by atoms with Gasteiger partial charge in [-0.25, -0.2) is 18.1 Å². The fourth-order valence-electron chi connectivity index (χ4n) is 2.72. The van der Waals surface area contributed by atoms with Crippen molar-refractivity contribution in [2.24, 2.45) is 0 Å². The second kappa shape index (κ2) is 6.74. The topological polar surface area (TPSA) is 98.2 Å². The summed E-state index contributed by atoms with van der Waals surface area (Å²) in [6.45, 7) is 5.41. The van der Waals surface area contributed by atoms with Gasteiger partial charge in [-0.3, -0.25) is 0 Å². The molecule has 0 spiro atoms. The Morgan fingerprint density at radius 2 is 1.77 bits per heavy atom. The van der Waals surface area contributed by atoms with Gasteiger partial charge in [0.15, 0.2) is 10.8 Å². The van der Waals surface area contributed by atoms with Crippen LogP contribution in [0.1, 0.15) is 37.5 Å². The van der Waals surface area contributed by atoms with E-state index in [1.54, 1.807) is 45.0 Å². The monoisotopic (exact) mass is 373 g/mol. The zero-order valence-electron chi connectivity index (χ0n) is 15.1. The lowest BCUT2D eigenvalue weighted by Crippen LogP contribution is -2.43. The molecular formula is C19H23N3O3S. The molecule has 0 fully saturated rings. The van der Waals surface area contributed by atoms with Crippen LogP contribution in [-0.4, -0.2) is 18.9 Å². The number of hydrogen-bond acceptors (Lipinski definition) is 5. The predicted molar refractivity (Wildman–Crippen MR) is 103 cm³/mol. The number of para-hydroxylation sites is 2. The molecule has 3 rings (SSSR count). The van der Waals surface area contributed by atoms with Crippen LogP contribution in [0.25, 0.3) is 11.1 Å². The molecule has 6 nitrogen and oxygen atoms in total. The Labute approximate surface area is 153 Å². The number of rotatable bonds is 5. The Hall–Kier alpha value is -2.38. The van der Waals surface area contributed by atoms with Crippen molar-refractivity contribution in [2.45, 2.75) is 38.0 Å². The van der Waals surface area contributed by atoms with E-state index >= 15 is 0 Å². The maximum absolute atomic E-state index is 13.1.